The molecule has 25 heavy (non-hydrogen) atoms. The second kappa shape index (κ2) is 9.77. The third kappa shape index (κ3) is 5.85. The molecular formula is C18H24N4O3. The molecular weight excluding hydrogens is 320 g/mol. The first-order valence-electron chi connectivity index (χ1n) is 8.41. The Bertz CT molecular complexity index is 633. The van der Waals surface area contributed by atoms with Crippen molar-refractivity contribution in [1.82, 2.24) is 15.1 Å². The molecule has 2 rings (SSSR count). The largest absolute Gasteiger partial charge is 0.385 e. The van der Waals surface area contributed by atoms with Crippen molar-refractivity contribution in [3.63, 3.8) is 0 Å². The van der Waals surface area contributed by atoms with Crippen LogP contribution >= 0.6 is 0 Å². The van der Waals surface area contributed by atoms with Crippen molar-refractivity contribution >= 4 is 11.8 Å². The lowest BCUT2D eigenvalue weighted by atomic mass is 10.1. The van der Waals surface area contributed by atoms with Gasteiger partial charge in [0.2, 0.25) is 5.91 Å². The highest BCUT2D eigenvalue weighted by molar-refractivity contribution is 5.94. The van der Waals surface area contributed by atoms with Crippen LogP contribution in [-0.2, 0) is 9.53 Å². The first-order valence-corrected chi connectivity index (χ1v) is 8.41. The van der Waals surface area contributed by atoms with Crippen molar-refractivity contribution < 1.29 is 14.3 Å². The Kier molecular flexibility index (Phi) is 7.38. The van der Waals surface area contributed by atoms with E-state index < -0.39 is 0 Å². The summed E-state index contributed by atoms with van der Waals surface area (Å²) in [5, 5.41) is 11.8. The molecule has 1 heterocycles. The minimum atomic E-state index is -0.0687. The molecule has 1 aliphatic heterocycles. The van der Waals surface area contributed by atoms with Crippen LogP contribution in [0.2, 0.25) is 0 Å². The number of ether oxygens (including phenoxy) is 1. The highest BCUT2D eigenvalue weighted by Gasteiger charge is 2.23. The van der Waals surface area contributed by atoms with Crippen molar-refractivity contribution in [2.45, 2.75) is 6.42 Å². The van der Waals surface area contributed by atoms with E-state index in [2.05, 4.69) is 5.32 Å². The predicted octanol–water partition coefficient (Wildman–Crippen LogP) is 0.469. The Morgan fingerprint density at radius 3 is 2.72 bits per heavy atom. The molecule has 1 aromatic rings. The zero-order chi connectivity index (χ0) is 18.1. The fourth-order valence-electron chi connectivity index (χ4n) is 2.72. The van der Waals surface area contributed by atoms with E-state index in [0.717, 1.165) is 6.42 Å². The van der Waals surface area contributed by atoms with Gasteiger partial charge in [-0.15, -0.1) is 0 Å². The Hall–Kier alpha value is -2.43. The average Bonchev–Trinajstić information content (AvgIpc) is 2.65. The van der Waals surface area contributed by atoms with Gasteiger partial charge in [-0.25, -0.2) is 0 Å². The van der Waals surface area contributed by atoms with E-state index in [1.807, 2.05) is 11.0 Å². The van der Waals surface area contributed by atoms with Gasteiger partial charge in [0, 0.05) is 52.0 Å². The Morgan fingerprint density at radius 1 is 1.28 bits per heavy atom. The van der Waals surface area contributed by atoms with Crippen LogP contribution in [0.3, 0.4) is 0 Å². The van der Waals surface area contributed by atoms with Crippen LogP contribution in [0.15, 0.2) is 24.3 Å². The van der Waals surface area contributed by atoms with Crippen LogP contribution in [0, 0.1) is 11.3 Å². The maximum absolute atomic E-state index is 12.5. The van der Waals surface area contributed by atoms with Gasteiger partial charge in [0.15, 0.2) is 0 Å². The minimum absolute atomic E-state index is 0.00222. The zero-order valence-corrected chi connectivity index (χ0v) is 14.5. The number of piperazine rings is 1. The third-order valence-electron chi connectivity index (χ3n) is 4.11. The lowest BCUT2D eigenvalue weighted by molar-refractivity contribution is -0.122. The topological polar surface area (TPSA) is 85.7 Å². The molecule has 2 amide bonds. The number of nitrogens with zero attached hydrogens (tertiary/aromatic N) is 3. The molecule has 0 aliphatic carbocycles. The quantitative estimate of drug-likeness (QED) is 0.727. The molecule has 0 saturated carbocycles. The molecule has 1 fully saturated rings. The second-order valence-electron chi connectivity index (χ2n) is 5.96. The van der Waals surface area contributed by atoms with Gasteiger partial charge < -0.3 is 15.0 Å². The van der Waals surface area contributed by atoms with E-state index in [1.165, 1.54) is 0 Å². The smallest absolute Gasteiger partial charge is 0.253 e. The third-order valence-corrected chi connectivity index (χ3v) is 4.11. The molecule has 1 aliphatic rings. The van der Waals surface area contributed by atoms with Crippen LogP contribution in [0.4, 0.5) is 0 Å². The van der Waals surface area contributed by atoms with E-state index in [1.54, 1.807) is 36.3 Å². The molecule has 1 N–H and O–H groups in total. The number of hydrogen-bond acceptors (Lipinski definition) is 5. The number of nitrogens with one attached hydrogen (secondary N) is 1. The number of hydrogen-bond donors (Lipinski definition) is 1. The number of benzene rings is 1. The van der Waals surface area contributed by atoms with Crippen LogP contribution in [0.5, 0.6) is 0 Å². The minimum Gasteiger partial charge on any atom is -0.385 e. The highest BCUT2D eigenvalue weighted by Crippen LogP contribution is 2.10. The lowest BCUT2D eigenvalue weighted by Gasteiger charge is -2.34. The summed E-state index contributed by atoms with van der Waals surface area (Å²) in [6, 6.07) is 8.78. The molecule has 7 nitrogen and oxygen atoms in total. The number of carbonyl (C=O) groups is 2. The second-order valence-corrected chi connectivity index (χ2v) is 5.96. The van der Waals surface area contributed by atoms with E-state index in [9.17, 15) is 9.59 Å². The first kappa shape index (κ1) is 18.9. The lowest BCUT2D eigenvalue weighted by Crippen LogP contribution is -2.51. The normalized spacial score (nSPS) is 14.8. The molecule has 1 saturated heterocycles. The number of nitriles is 1. The Balaban J connectivity index is 1.76. The van der Waals surface area contributed by atoms with Crippen molar-refractivity contribution in [2.24, 2.45) is 0 Å². The maximum Gasteiger partial charge on any atom is 0.253 e. The summed E-state index contributed by atoms with van der Waals surface area (Å²) in [5.41, 5.74) is 1.01. The standard InChI is InChI=1S/C18H24N4O3/c1-25-11-3-6-20-17(23)14-21-7-9-22(10-8-21)18(24)16-5-2-4-15(12-16)13-19/h2,4-5,12H,3,6-11,14H2,1H3,(H,20,23). The Labute approximate surface area is 148 Å². The Morgan fingerprint density at radius 2 is 2.04 bits per heavy atom. The summed E-state index contributed by atoms with van der Waals surface area (Å²) in [6.45, 7) is 4.07. The highest BCUT2D eigenvalue weighted by atomic mass is 16.5. The molecule has 0 atom stereocenters. The molecule has 134 valence electrons. The molecule has 1 aromatic carbocycles. The molecule has 0 bridgehead atoms. The van der Waals surface area contributed by atoms with Gasteiger partial charge in [0.1, 0.15) is 0 Å². The summed E-state index contributed by atoms with van der Waals surface area (Å²) in [4.78, 5) is 28.2. The van der Waals surface area contributed by atoms with Crippen LogP contribution in [0.1, 0.15) is 22.3 Å². The van der Waals surface area contributed by atoms with Gasteiger partial charge in [-0.3, -0.25) is 14.5 Å². The van der Waals surface area contributed by atoms with Crippen molar-refractivity contribution in [3.05, 3.63) is 35.4 Å². The van der Waals surface area contributed by atoms with E-state index in [0.29, 0.717) is 57.0 Å². The van der Waals surface area contributed by atoms with Crippen molar-refractivity contribution in [2.75, 3.05) is 53.0 Å². The molecule has 0 aromatic heterocycles. The summed E-state index contributed by atoms with van der Waals surface area (Å²) >= 11 is 0. The van der Waals surface area contributed by atoms with E-state index in [-0.39, 0.29) is 11.8 Å². The van der Waals surface area contributed by atoms with Gasteiger partial charge in [-0.05, 0) is 24.6 Å². The summed E-state index contributed by atoms with van der Waals surface area (Å²) in [5.74, 6) is -0.0710. The number of rotatable bonds is 7. The predicted molar refractivity (Wildman–Crippen MR) is 93.0 cm³/mol. The maximum atomic E-state index is 12.5. The summed E-state index contributed by atoms with van der Waals surface area (Å²) in [6.07, 6.45) is 0.798. The zero-order valence-electron chi connectivity index (χ0n) is 14.5. The number of carbonyl (C=O) groups excluding carboxylic acids is 2. The first-order chi connectivity index (χ1) is 12.1. The SMILES string of the molecule is COCCCNC(=O)CN1CCN(C(=O)c2cccc(C#N)c2)CC1. The van der Waals surface area contributed by atoms with Gasteiger partial charge in [0.05, 0.1) is 18.2 Å². The fraction of sp³-hybridized carbons (Fsp3) is 0.500. The van der Waals surface area contributed by atoms with Gasteiger partial charge >= 0.3 is 0 Å². The van der Waals surface area contributed by atoms with E-state index in [4.69, 9.17) is 10.00 Å². The van der Waals surface area contributed by atoms with Crippen LogP contribution < -0.4 is 5.32 Å². The van der Waals surface area contributed by atoms with Gasteiger partial charge in [-0.2, -0.15) is 5.26 Å². The van der Waals surface area contributed by atoms with Crippen LogP contribution in [-0.4, -0.2) is 74.6 Å². The molecule has 0 radical (unpaired) electrons. The van der Waals surface area contributed by atoms with Crippen LogP contribution in [0.25, 0.3) is 0 Å². The van der Waals surface area contributed by atoms with Gasteiger partial charge in [0.25, 0.3) is 5.91 Å². The molecule has 7 heteroatoms. The fourth-order valence-corrected chi connectivity index (χ4v) is 2.72. The monoisotopic (exact) mass is 344 g/mol. The van der Waals surface area contributed by atoms with E-state index >= 15 is 0 Å². The average molecular weight is 344 g/mol. The van der Waals surface area contributed by atoms with Crippen molar-refractivity contribution in [3.8, 4) is 6.07 Å². The summed E-state index contributed by atoms with van der Waals surface area (Å²) < 4.78 is 4.94. The molecule has 0 unspecified atom stereocenters. The summed E-state index contributed by atoms with van der Waals surface area (Å²) in [7, 11) is 1.64. The number of methoxy groups -OCH3 is 1. The number of amides is 2. The van der Waals surface area contributed by atoms with Gasteiger partial charge in [-0.1, -0.05) is 6.07 Å². The van der Waals surface area contributed by atoms with Crippen molar-refractivity contribution in [1.29, 1.82) is 5.26 Å². The molecule has 0 spiro atoms.